The first-order chi connectivity index (χ1) is 19.3. The van der Waals surface area contributed by atoms with Gasteiger partial charge in [0, 0.05) is 35.7 Å². The highest BCUT2D eigenvalue weighted by atomic mass is 35.5. The van der Waals surface area contributed by atoms with Gasteiger partial charge in [0.25, 0.3) is 5.91 Å². The fraction of sp³-hybridized carbons (Fsp3) is 0.581. The van der Waals surface area contributed by atoms with Crippen molar-refractivity contribution in [3.05, 3.63) is 58.1 Å². The van der Waals surface area contributed by atoms with Crippen LogP contribution in [-0.4, -0.2) is 51.5 Å². The molecule has 2 aliphatic heterocycles. The van der Waals surface area contributed by atoms with Crippen molar-refractivity contribution in [3.63, 3.8) is 0 Å². The Balaban J connectivity index is 1.41. The predicted octanol–water partition coefficient (Wildman–Crippen LogP) is 5.08. The number of benzene rings is 2. The highest BCUT2D eigenvalue weighted by molar-refractivity contribution is 7.90. The van der Waals surface area contributed by atoms with Crippen LogP contribution in [0.2, 0.25) is 5.02 Å². The van der Waals surface area contributed by atoms with Gasteiger partial charge < -0.3 is 14.7 Å². The normalized spacial score (nSPS) is 30.2. The molecule has 1 saturated carbocycles. The van der Waals surface area contributed by atoms with E-state index in [2.05, 4.69) is 21.8 Å². The van der Waals surface area contributed by atoms with E-state index in [0.29, 0.717) is 36.2 Å². The Kier molecular flexibility index (Phi) is 7.79. The SMILES string of the molecule is O=C1NS(=O)(=O)CCCCCC(CO)C2CCC2CN2CC3(CCCc4cc(Cl)ccc43)COc3ccc1cc32. The van der Waals surface area contributed by atoms with Crippen LogP contribution in [0.1, 0.15) is 72.9 Å². The lowest BCUT2D eigenvalue weighted by atomic mass is 9.65. The standard InChI is InChI=1S/C31H39ClN2O5S/c32-25-9-11-27-21(15-25)6-4-13-31(27)19-34-17-23-7-10-26(23)24(18-35)5-2-1-3-14-40(37,38)33-30(36)22-8-12-29(39-20-31)28(34)16-22/h8-9,11-12,15-16,23-24,26,35H,1-7,10,13-14,17-20H2,(H,33,36). The smallest absolute Gasteiger partial charge is 0.264 e. The van der Waals surface area contributed by atoms with Gasteiger partial charge in [-0.1, -0.05) is 30.5 Å². The van der Waals surface area contributed by atoms with Crippen LogP contribution < -0.4 is 14.4 Å². The molecule has 2 N–H and O–H groups in total. The van der Waals surface area contributed by atoms with Crippen LogP contribution in [0.3, 0.4) is 0 Å². The van der Waals surface area contributed by atoms with Gasteiger partial charge in [-0.2, -0.15) is 0 Å². The summed E-state index contributed by atoms with van der Waals surface area (Å²) in [6.45, 7) is 2.24. The molecule has 4 unspecified atom stereocenters. The molecule has 2 aromatic rings. The van der Waals surface area contributed by atoms with Crippen molar-refractivity contribution >= 4 is 33.2 Å². The van der Waals surface area contributed by atoms with Crippen molar-refractivity contribution in [2.45, 2.75) is 63.2 Å². The van der Waals surface area contributed by atoms with Crippen LogP contribution in [0.25, 0.3) is 0 Å². The van der Waals surface area contributed by atoms with Crippen LogP contribution in [0.4, 0.5) is 5.69 Å². The third-order valence-electron chi connectivity index (χ3n) is 9.81. The van der Waals surface area contributed by atoms with Gasteiger partial charge in [0.1, 0.15) is 5.75 Å². The third-order valence-corrected chi connectivity index (χ3v) is 11.4. The molecule has 6 rings (SSSR count). The number of nitrogens with zero attached hydrogens (tertiary/aromatic N) is 1. The van der Waals surface area contributed by atoms with E-state index in [-0.39, 0.29) is 23.7 Å². The topological polar surface area (TPSA) is 95.9 Å². The minimum absolute atomic E-state index is 0.0826. The zero-order valence-corrected chi connectivity index (χ0v) is 24.5. The van der Waals surface area contributed by atoms with Crippen molar-refractivity contribution in [3.8, 4) is 5.75 Å². The number of fused-ring (bicyclic) bond motifs is 4. The minimum Gasteiger partial charge on any atom is -0.490 e. The number of carbonyl (C=O) groups is 1. The second-order valence-corrected chi connectivity index (χ2v) is 14.6. The molecule has 2 bridgehead atoms. The maximum atomic E-state index is 13.1. The van der Waals surface area contributed by atoms with Crippen molar-refractivity contribution < 1.29 is 23.1 Å². The molecule has 2 aromatic carbocycles. The number of carbonyl (C=O) groups excluding carboxylic acids is 1. The van der Waals surface area contributed by atoms with Crippen LogP contribution in [0.5, 0.6) is 5.75 Å². The van der Waals surface area contributed by atoms with Crippen LogP contribution >= 0.6 is 11.6 Å². The van der Waals surface area contributed by atoms with Gasteiger partial charge in [-0.05, 0) is 104 Å². The maximum Gasteiger partial charge on any atom is 0.264 e. The lowest BCUT2D eigenvalue weighted by Gasteiger charge is -2.46. The Morgan fingerprint density at radius 1 is 1.07 bits per heavy atom. The second kappa shape index (κ2) is 11.2. The highest BCUT2D eigenvalue weighted by Gasteiger charge is 2.44. The molecular formula is C31H39ClN2O5S. The zero-order valence-electron chi connectivity index (χ0n) is 22.9. The summed E-state index contributed by atoms with van der Waals surface area (Å²) in [6, 6.07) is 11.5. The lowest BCUT2D eigenvalue weighted by Crippen LogP contribution is -2.49. The summed E-state index contributed by atoms with van der Waals surface area (Å²) in [5.41, 5.74) is 3.48. The number of nitrogens with one attached hydrogen (secondary N) is 1. The van der Waals surface area contributed by atoms with E-state index in [1.807, 2.05) is 12.1 Å². The summed E-state index contributed by atoms with van der Waals surface area (Å²) in [6.07, 6.45) is 8.28. The molecule has 0 aromatic heterocycles. The molecule has 7 nitrogen and oxygen atoms in total. The fourth-order valence-electron chi connectivity index (χ4n) is 7.55. The Morgan fingerprint density at radius 2 is 1.95 bits per heavy atom. The summed E-state index contributed by atoms with van der Waals surface area (Å²) in [5, 5.41) is 11.0. The number of amides is 1. The molecule has 0 radical (unpaired) electrons. The van der Waals surface area contributed by atoms with Crippen molar-refractivity contribution in [1.82, 2.24) is 4.72 Å². The van der Waals surface area contributed by atoms with E-state index < -0.39 is 15.9 Å². The van der Waals surface area contributed by atoms with E-state index >= 15 is 0 Å². The predicted molar refractivity (Wildman–Crippen MR) is 157 cm³/mol. The van der Waals surface area contributed by atoms with Crippen LogP contribution in [-0.2, 0) is 21.9 Å². The number of aryl methyl sites for hydroxylation is 1. The average Bonchev–Trinajstić information content (AvgIpc) is 3.06. The van der Waals surface area contributed by atoms with Crippen LogP contribution in [0.15, 0.2) is 36.4 Å². The molecule has 1 fully saturated rings. The molecular weight excluding hydrogens is 548 g/mol. The molecule has 4 aliphatic rings. The zero-order chi connectivity index (χ0) is 27.9. The molecule has 2 heterocycles. The Morgan fingerprint density at radius 3 is 2.75 bits per heavy atom. The number of ether oxygens (including phenoxy) is 1. The molecule has 2 aliphatic carbocycles. The van der Waals surface area contributed by atoms with Gasteiger partial charge in [0.2, 0.25) is 10.0 Å². The largest absolute Gasteiger partial charge is 0.490 e. The molecule has 1 amide bonds. The van der Waals surface area contributed by atoms with Gasteiger partial charge in [-0.3, -0.25) is 4.79 Å². The van der Waals surface area contributed by atoms with Crippen molar-refractivity contribution in [2.24, 2.45) is 17.8 Å². The summed E-state index contributed by atoms with van der Waals surface area (Å²) in [5.74, 6) is 1.14. The van der Waals surface area contributed by atoms with E-state index in [9.17, 15) is 18.3 Å². The number of halogens is 1. The maximum absolute atomic E-state index is 13.1. The van der Waals surface area contributed by atoms with E-state index in [1.54, 1.807) is 12.1 Å². The summed E-state index contributed by atoms with van der Waals surface area (Å²) in [4.78, 5) is 15.5. The molecule has 4 atom stereocenters. The number of anilines is 1. The fourth-order valence-corrected chi connectivity index (χ4v) is 8.83. The van der Waals surface area contributed by atoms with Gasteiger partial charge in [-0.25, -0.2) is 13.1 Å². The van der Waals surface area contributed by atoms with Gasteiger partial charge >= 0.3 is 0 Å². The third kappa shape index (κ3) is 5.47. The van der Waals surface area contributed by atoms with Gasteiger partial charge in [0.05, 0.1) is 18.0 Å². The Hall–Kier alpha value is -2.29. The number of sulfonamides is 1. The Labute approximate surface area is 242 Å². The summed E-state index contributed by atoms with van der Waals surface area (Å²) in [7, 11) is -3.74. The van der Waals surface area contributed by atoms with Crippen molar-refractivity contribution in [1.29, 1.82) is 0 Å². The van der Waals surface area contributed by atoms with Gasteiger partial charge in [-0.15, -0.1) is 0 Å². The summed E-state index contributed by atoms with van der Waals surface area (Å²) < 4.78 is 34.2. The quantitative estimate of drug-likeness (QED) is 0.484. The first-order valence-corrected chi connectivity index (χ1v) is 16.8. The molecule has 40 heavy (non-hydrogen) atoms. The van der Waals surface area contributed by atoms with E-state index in [0.717, 1.165) is 75.2 Å². The molecule has 216 valence electrons. The molecule has 1 spiro atoms. The van der Waals surface area contributed by atoms with Crippen LogP contribution in [0, 0.1) is 17.8 Å². The average molecular weight is 587 g/mol. The molecule has 0 saturated heterocycles. The first kappa shape index (κ1) is 27.9. The number of hydrogen-bond donors (Lipinski definition) is 2. The minimum atomic E-state index is -3.74. The number of aliphatic hydroxyl groups is 1. The molecule has 9 heteroatoms. The first-order valence-electron chi connectivity index (χ1n) is 14.7. The van der Waals surface area contributed by atoms with Gasteiger partial charge in [0.15, 0.2) is 0 Å². The number of hydrogen-bond acceptors (Lipinski definition) is 6. The van der Waals surface area contributed by atoms with Crippen molar-refractivity contribution in [2.75, 3.05) is 37.0 Å². The second-order valence-electron chi connectivity index (χ2n) is 12.3. The Bertz CT molecular complexity index is 1380. The van der Waals surface area contributed by atoms with E-state index in [4.69, 9.17) is 16.3 Å². The monoisotopic (exact) mass is 586 g/mol. The number of aliphatic hydroxyl groups excluding tert-OH is 1. The number of rotatable bonds is 1. The lowest BCUT2D eigenvalue weighted by molar-refractivity contribution is 0.0575. The highest BCUT2D eigenvalue weighted by Crippen LogP contribution is 2.47. The van der Waals surface area contributed by atoms with E-state index in [1.165, 1.54) is 11.1 Å². The summed E-state index contributed by atoms with van der Waals surface area (Å²) >= 11 is 6.38.